The number of hydrogen-bond acceptors (Lipinski definition) is 0. The largest absolute Gasteiger partial charge is 0.0610 e. The van der Waals surface area contributed by atoms with Gasteiger partial charge in [-0.1, -0.05) is 97.1 Å². The Kier molecular flexibility index (Phi) is 2.97. The van der Waals surface area contributed by atoms with Crippen molar-refractivity contribution in [3.8, 4) is 55.6 Å². The third kappa shape index (κ3) is 1.98. The summed E-state index contributed by atoms with van der Waals surface area (Å²) in [5.41, 5.74) is 13.4. The molecule has 0 saturated carbocycles. The molecule has 0 radical (unpaired) electrons. The van der Waals surface area contributed by atoms with Gasteiger partial charge in [0.1, 0.15) is 0 Å². The van der Waals surface area contributed by atoms with Crippen molar-refractivity contribution < 1.29 is 0 Å². The Morgan fingerprint density at radius 1 is 0.281 bits per heavy atom. The van der Waals surface area contributed by atoms with Crippen LogP contribution in [0.25, 0.3) is 77.2 Å². The highest BCUT2D eigenvalue weighted by Gasteiger charge is 2.23. The molecule has 0 heteroatoms. The fourth-order valence-electron chi connectivity index (χ4n) is 5.94. The zero-order chi connectivity index (χ0) is 20.8. The monoisotopic (exact) mass is 402 g/mol. The van der Waals surface area contributed by atoms with Gasteiger partial charge in [-0.3, -0.25) is 0 Å². The fraction of sp³-hybridized carbons (Fsp3) is 0. The van der Waals surface area contributed by atoms with E-state index in [0.717, 1.165) is 0 Å². The van der Waals surface area contributed by atoms with Crippen molar-refractivity contribution in [2.24, 2.45) is 0 Å². The first-order valence-electron chi connectivity index (χ1n) is 11.2. The molecule has 6 aromatic carbocycles. The molecule has 146 valence electrons. The van der Waals surface area contributed by atoms with Crippen molar-refractivity contribution in [2.75, 3.05) is 0 Å². The second-order valence-electron chi connectivity index (χ2n) is 8.94. The van der Waals surface area contributed by atoms with Crippen LogP contribution in [0.4, 0.5) is 0 Å². The lowest BCUT2D eigenvalue weighted by atomic mass is 9.94. The highest BCUT2D eigenvalue weighted by Crippen LogP contribution is 2.50. The van der Waals surface area contributed by atoms with E-state index in [1.165, 1.54) is 77.2 Å². The van der Waals surface area contributed by atoms with Crippen LogP contribution in [0.3, 0.4) is 0 Å². The standard InChI is InChI=1S/C32H18/c1-5-19-7-3-11-27-29-17-21(13-15-23(29)25(9-1)31(19)27)22-14-16-24-26-10-2-6-20-8-4-12-28(32(20)26)30(24)18-22/h1-18H. The zero-order valence-electron chi connectivity index (χ0n) is 17.4. The molecular formula is C32H18. The van der Waals surface area contributed by atoms with E-state index in [0.29, 0.717) is 0 Å². The van der Waals surface area contributed by atoms with Gasteiger partial charge in [0.05, 0.1) is 0 Å². The van der Waals surface area contributed by atoms with E-state index in [9.17, 15) is 0 Å². The molecule has 0 spiro atoms. The lowest BCUT2D eigenvalue weighted by Crippen LogP contribution is -1.84. The third-order valence-electron chi connectivity index (χ3n) is 7.34. The van der Waals surface area contributed by atoms with Crippen LogP contribution in [0.1, 0.15) is 0 Å². The van der Waals surface area contributed by atoms with Gasteiger partial charge >= 0.3 is 0 Å². The Morgan fingerprint density at radius 2 is 0.656 bits per heavy atom. The molecule has 2 aliphatic carbocycles. The SMILES string of the molecule is c1cc2c3c(cccc3c1)-c1cc(-c3ccc4c(c3)-c3cccc5cccc-4c35)ccc1-2. The van der Waals surface area contributed by atoms with Crippen LogP contribution in [-0.4, -0.2) is 0 Å². The van der Waals surface area contributed by atoms with Crippen LogP contribution in [0.5, 0.6) is 0 Å². The molecule has 8 rings (SSSR count). The number of hydrogen-bond donors (Lipinski definition) is 0. The Balaban J connectivity index is 1.34. The van der Waals surface area contributed by atoms with Crippen molar-refractivity contribution in [1.29, 1.82) is 0 Å². The van der Waals surface area contributed by atoms with Crippen LogP contribution in [0.15, 0.2) is 109 Å². The Labute approximate surface area is 186 Å². The second kappa shape index (κ2) is 5.75. The van der Waals surface area contributed by atoms with E-state index >= 15 is 0 Å². The quantitative estimate of drug-likeness (QED) is 0.257. The molecule has 0 unspecified atom stereocenters. The number of benzene rings is 6. The molecule has 0 aliphatic heterocycles. The van der Waals surface area contributed by atoms with Crippen LogP contribution in [-0.2, 0) is 0 Å². The summed E-state index contributed by atoms with van der Waals surface area (Å²) in [5.74, 6) is 0. The Morgan fingerprint density at radius 3 is 1.06 bits per heavy atom. The van der Waals surface area contributed by atoms with E-state index in [2.05, 4.69) is 109 Å². The van der Waals surface area contributed by atoms with Crippen LogP contribution >= 0.6 is 0 Å². The summed E-state index contributed by atoms with van der Waals surface area (Å²) in [6, 6.07) is 40.6. The maximum Gasteiger partial charge on any atom is -0.00264 e. The smallest absolute Gasteiger partial charge is 0.00264 e. The van der Waals surface area contributed by atoms with Crippen LogP contribution in [0, 0.1) is 0 Å². The van der Waals surface area contributed by atoms with Gasteiger partial charge in [-0.25, -0.2) is 0 Å². The number of rotatable bonds is 1. The fourth-order valence-corrected chi connectivity index (χ4v) is 5.94. The maximum absolute atomic E-state index is 2.38. The number of fused-ring (bicyclic) bond motifs is 6. The lowest BCUT2D eigenvalue weighted by molar-refractivity contribution is 1.62. The lowest BCUT2D eigenvalue weighted by Gasteiger charge is -2.10. The molecule has 0 aromatic heterocycles. The first-order chi connectivity index (χ1) is 15.9. The van der Waals surface area contributed by atoms with Gasteiger partial charge in [-0.2, -0.15) is 0 Å². The second-order valence-corrected chi connectivity index (χ2v) is 8.94. The molecule has 0 heterocycles. The first-order valence-corrected chi connectivity index (χ1v) is 11.2. The molecule has 0 nitrogen and oxygen atoms in total. The van der Waals surface area contributed by atoms with Crippen molar-refractivity contribution >= 4 is 21.5 Å². The van der Waals surface area contributed by atoms with Crippen molar-refractivity contribution in [1.82, 2.24) is 0 Å². The van der Waals surface area contributed by atoms with E-state index in [1.807, 2.05) is 0 Å². The predicted octanol–water partition coefficient (Wildman–Crippen LogP) is 8.95. The van der Waals surface area contributed by atoms with E-state index < -0.39 is 0 Å². The van der Waals surface area contributed by atoms with Gasteiger partial charge < -0.3 is 0 Å². The molecule has 0 atom stereocenters. The topological polar surface area (TPSA) is 0 Å². The molecule has 0 fully saturated rings. The first kappa shape index (κ1) is 16.5. The zero-order valence-corrected chi connectivity index (χ0v) is 17.4. The maximum atomic E-state index is 2.38. The summed E-state index contributed by atoms with van der Waals surface area (Å²) in [6.07, 6.45) is 0. The molecular weight excluding hydrogens is 384 g/mol. The van der Waals surface area contributed by atoms with Crippen molar-refractivity contribution in [2.45, 2.75) is 0 Å². The van der Waals surface area contributed by atoms with Crippen LogP contribution < -0.4 is 0 Å². The van der Waals surface area contributed by atoms with Gasteiger partial charge in [-0.15, -0.1) is 0 Å². The van der Waals surface area contributed by atoms with E-state index in [4.69, 9.17) is 0 Å². The highest BCUT2D eigenvalue weighted by atomic mass is 14.3. The Bertz CT molecular complexity index is 1620. The predicted molar refractivity (Wildman–Crippen MR) is 136 cm³/mol. The molecule has 32 heavy (non-hydrogen) atoms. The third-order valence-corrected chi connectivity index (χ3v) is 7.34. The Hall–Kier alpha value is -4.16. The summed E-state index contributed by atoms with van der Waals surface area (Å²) < 4.78 is 0. The summed E-state index contributed by atoms with van der Waals surface area (Å²) in [6.45, 7) is 0. The summed E-state index contributed by atoms with van der Waals surface area (Å²) in [7, 11) is 0. The van der Waals surface area contributed by atoms with Crippen molar-refractivity contribution in [3.63, 3.8) is 0 Å². The highest BCUT2D eigenvalue weighted by molar-refractivity contribution is 6.17. The van der Waals surface area contributed by atoms with Gasteiger partial charge in [0.15, 0.2) is 0 Å². The minimum Gasteiger partial charge on any atom is -0.0610 e. The van der Waals surface area contributed by atoms with E-state index in [-0.39, 0.29) is 0 Å². The molecule has 0 N–H and O–H groups in total. The van der Waals surface area contributed by atoms with Gasteiger partial charge in [0.2, 0.25) is 0 Å². The van der Waals surface area contributed by atoms with Gasteiger partial charge in [0.25, 0.3) is 0 Å². The van der Waals surface area contributed by atoms with Crippen LogP contribution in [0.2, 0.25) is 0 Å². The average molecular weight is 402 g/mol. The van der Waals surface area contributed by atoms with Gasteiger partial charge in [0, 0.05) is 0 Å². The molecule has 0 saturated heterocycles. The summed E-state index contributed by atoms with van der Waals surface area (Å²) in [5, 5.41) is 5.42. The molecule has 0 bridgehead atoms. The molecule has 0 amide bonds. The molecule has 6 aromatic rings. The minimum atomic E-state index is 1.28. The normalized spacial score (nSPS) is 12.4. The van der Waals surface area contributed by atoms with E-state index in [1.54, 1.807) is 0 Å². The minimum absolute atomic E-state index is 1.28. The average Bonchev–Trinajstić information content (AvgIpc) is 3.35. The van der Waals surface area contributed by atoms with Gasteiger partial charge in [-0.05, 0) is 89.3 Å². The van der Waals surface area contributed by atoms with Crippen molar-refractivity contribution in [3.05, 3.63) is 109 Å². The molecule has 2 aliphatic rings. The summed E-state index contributed by atoms with van der Waals surface area (Å²) >= 11 is 0. The summed E-state index contributed by atoms with van der Waals surface area (Å²) in [4.78, 5) is 0.